The smallest absolute Gasteiger partial charge is 0.0731 e. The molecule has 0 amide bonds. The largest absolute Gasteiger partial charge is 0.391 e. The molecule has 0 radical (unpaired) electrons. The van der Waals surface area contributed by atoms with Gasteiger partial charge in [0.15, 0.2) is 0 Å². The zero-order chi connectivity index (χ0) is 13.0. The van der Waals surface area contributed by atoms with Crippen molar-refractivity contribution in [2.75, 3.05) is 24.5 Å². The van der Waals surface area contributed by atoms with Crippen molar-refractivity contribution >= 4 is 5.69 Å². The SMILES string of the molecule is CCCNC(C)c1ccc(N2CCC(O)C2)cn1. The molecule has 100 valence electrons. The lowest BCUT2D eigenvalue weighted by atomic mass is 10.2. The number of aliphatic hydroxyl groups excluding tert-OH is 1. The third-order valence-electron chi connectivity index (χ3n) is 3.44. The first-order chi connectivity index (χ1) is 8.70. The summed E-state index contributed by atoms with van der Waals surface area (Å²) in [7, 11) is 0. The van der Waals surface area contributed by atoms with Crippen molar-refractivity contribution < 1.29 is 5.11 Å². The number of hydrogen-bond acceptors (Lipinski definition) is 4. The molecule has 0 aromatic carbocycles. The van der Waals surface area contributed by atoms with Crippen molar-refractivity contribution in [3.63, 3.8) is 0 Å². The van der Waals surface area contributed by atoms with Gasteiger partial charge in [0.1, 0.15) is 0 Å². The molecule has 1 fully saturated rings. The van der Waals surface area contributed by atoms with Crippen LogP contribution in [-0.4, -0.2) is 35.8 Å². The minimum Gasteiger partial charge on any atom is -0.391 e. The van der Waals surface area contributed by atoms with Crippen molar-refractivity contribution in [2.45, 2.75) is 38.8 Å². The first-order valence-corrected chi connectivity index (χ1v) is 6.83. The molecule has 0 saturated carbocycles. The van der Waals surface area contributed by atoms with Crippen LogP contribution in [0.15, 0.2) is 18.3 Å². The molecule has 2 N–H and O–H groups in total. The van der Waals surface area contributed by atoms with Gasteiger partial charge in [-0.25, -0.2) is 0 Å². The van der Waals surface area contributed by atoms with E-state index in [2.05, 4.69) is 41.2 Å². The van der Waals surface area contributed by atoms with E-state index in [0.717, 1.165) is 43.9 Å². The van der Waals surface area contributed by atoms with Crippen LogP contribution in [0.1, 0.15) is 38.4 Å². The van der Waals surface area contributed by atoms with Crippen molar-refractivity contribution in [1.82, 2.24) is 10.3 Å². The topological polar surface area (TPSA) is 48.4 Å². The maximum Gasteiger partial charge on any atom is 0.0731 e. The van der Waals surface area contributed by atoms with Gasteiger partial charge in [-0.15, -0.1) is 0 Å². The maximum absolute atomic E-state index is 9.53. The van der Waals surface area contributed by atoms with Gasteiger partial charge >= 0.3 is 0 Å². The summed E-state index contributed by atoms with van der Waals surface area (Å²) < 4.78 is 0. The predicted octanol–water partition coefficient (Wildman–Crippen LogP) is 1.71. The van der Waals surface area contributed by atoms with Crippen LogP contribution in [0.4, 0.5) is 5.69 Å². The molecule has 1 aromatic rings. The first kappa shape index (κ1) is 13.3. The van der Waals surface area contributed by atoms with Gasteiger partial charge in [-0.2, -0.15) is 0 Å². The Hall–Kier alpha value is -1.13. The van der Waals surface area contributed by atoms with Gasteiger partial charge in [0.05, 0.1) is 23.7 Å². The van der Waals surface area contributed by atoms with E-state index >= 15 is 0 Å². The van der Waals surface area contributed by atoms with Gasteiger partial charge in [-0.1, -0.05) is 6.92 Å². The van der Waals surface area contributed by atoms with Gasteiger partial charge in [0.2, 0.25) is 0 Å². The molecule has 4 nitrogen and oxygen atoms in total. The standard InChI is InChI=1S/C14H23N3O/c1-3-7-15-11(2)14-5-4-12(9-16-14)17-8-6-13(18)10-17/h4-5,9,11,13,15,18H,3,6-8,10H2,1-2H3. The molecular formula is C14H23N3O. The second-order valence-corrected chi connectivity index (χ2v) is 5.01. The van der Waals surface area contributed by atoms with Crippen LogP contribution >= 0.6 is 0 Å². The van der Waals surface area contributed by atoms with Crippen LogP contribution in [0.5, 0.6) is 0 Å². The number of hydrogen-bond donors (Lipinski definition) is 2. The van der Waals surface area contributed by atoms with Crippen molar-refractivity contribution in [2.24, 2.45) is 0 Å². The van der Waals surface area contributed by atoms with Crippen LogP contribution in [0.25, 0.3) is 0 Å². The molecular weight excluding hydrogens is 226 g/mol. The highest BCUT2D eigenvalue weighted by Crippen LogP contribution is 2.20. The highest BCUT2D eigenvalue weighted by Gasteiger charge is 2.20. The minimum atomic E-state index is -0.185. The molecule has 18 heavy (non-hydrogen) atoms. The number of nitrogens with one attached hydrogen (secondary N) is 1. The van der Waals surface area contributed by atoms with E-state index in [4.69, 9.17) is 0 Å². The molecule has 1 aromatic heterocycles. The summed E-state index contributed by atoms with van der Waals surface area (Å²) in [6.45, 7) is 6.96. The molecule has 4 heteroatoms. The molecule has 0 bridgehead atoms. The monoisotopic (exact) mass is 249 g/mol. The fourth-order valence-corrected chi connectivity index (χ4v) is 2.28. The number of nitrogens with zero attached hydrogens (tertiary/aromatic N) is 2. The molecule has 0 aliphatic carbocycles. The average molecular weight is 249 g/mol. The number of rotatable bonds is 5. The fraction of sp³-hybridized carbons (Fsp3) is 0.643. The van der Waals surface area contributed by atoms with Gasteiger partial charge in [-0.05, 0) is 38.4 Å². The van der Waals surface area contributed by atoms with Crippen LogP contribution < -0.4 is 10.2 Å². The summed E-state index contributed by atoms with van der Waals surface area (Å²) in [5.74, 6) is 0. The summed E-state index contributed by atoms with van der Waals surface area (Å²) in [5.41, 5.74) is 2.19. The number of β-amino-alcohol motifs (C(OH)–C–C–N with tert-alkyl or cyclic N) is 1. The Bertz CT molecular complexity index is 366. The summed E-state index contributed by atoms with van der Waals surface area (Å²) in [5, 5.41) is 13.0. The Labute approximate surface area is 109 Å². The second-order valence-electron chi connectivity index (χ2n) is 5.01. The first-order valence-electron chi connectivity index (χ1n) is 6.83. The fourth-order valence-electron chi connectivity index (χ4n) is 2.28. The van der Waals surface area contributed by atoms with Crippen LogP contribution in [0, 0.1) is 0 Å². The Kier molecular flexibility index (Phi) is 4.55. The minimum absolute atomic E-state index is 0.185. The van der Waals surface area contributed by atoms with Crippen LogP contribution in [0.3, 0.4) is 0 Å². The van der Waals surface area contributed by atoms with Gasteiger partial charge in [0, 0.05) is 19.1 Å². The van der Waals surface area contributed by atoms with Crippen molar-refractivity contribution in [1.29, 1.82) is 0 Å². The van der Waals surface area contributed by atoms with Gasteiger partial charge < -0.3 is 15.3 Å². The summed E-state index contributed by atoms with van der Waals surface area (Å²) in [6, 6.07) is 4.47. The van der Waals surface area contributed by atoms with E-state index in [0.29, 0.717) is 6.04 Å². The summed E-state index contributed by atoms with van der Waals surface area (Å²) >= 11 is 0. The van der Waals surface area contributed by atoms with Crippen molar-refractivity contribution in [3.8, 4) is 0 Å². The lowest BCUT2D eigenvalue weighted by molar-refractivity contribution is 0.198. The van der Waals surface area contributed by atoms with E-state index < -0.39 is 0 Å². The summed E-state index contributed by atoms with van der Waals surface area (Å²) in [6.07, 6.45) is 3.72. The second kappa shape index (κ2) is 6.16. The maximum atomic E-state index is 9.53. The molecule has 2 rings (SSSR count). The summed E-state index contributed by atoms with van der Waals surface area (Å²) in [4.78, 5) is 6.70. The average Bonchev–Trinajstić information content (AvgIpc) is 2.83. The Balaban J connectivity index is 1.96. The highest BCUT2D eigenvalue weighted by atomic mass is 16.3. The van der Waals surface area contributed by atoms with Gasteiger partial charge in [0.25, 0.3) is 0 Å². The number of aliphatic hydroxyl groups is 1. The number of pyridine rings is 1. The van der Waals surface area contributed by atoms with Crippen molar-refractivity contribution in [3.05, 3.63) is 24.0 Å². The lowest BCUT2D eigenvalue weighted by Gasteiger charge is -2.19. The Morgan fingerprint density at radius 2 is 2.39 bits per heavy atom. The normalized spacial score (nSPS) is 21.3. The molecule has 1 aliphatic rings. The molecule has 2 atom stereocenters. The third kappa shape index (κ3) is 3.21. The van der Waals surface area contributed by atoms with E-state index in [9.17, 15) is 5.11 Å². The van der Waals surface area contributed by atoms with E-state index in [1.54, 1.807) is 0 Å². The van der Waals surface area contributed by atoms with E-state index in [1.165, 1.54) is 0 Å². The molecule has 1 saturated heterocycles. The Morgan fingerprint density at radius 1 is 1.56 bits per heavy atom. The van der Waals surface area contributed by atoms with Gasteiger partial charge in [-0.3, -0.25) is 4.98 Å². The Morgan fingerprint density at radius 3 is 2.94 bits per heavy atom. The van der Waals surface area contributed by atoms with E-state index in [-0.39, 0.29) is 6.10 Å². The molecule has 1 aliphatic heterocycles. The molecule has 2 unspecified atom stereocenters. The lowest BCUT2D eigenvalue weighted by Crippen LogP contribution is -2.22. The third-order valence-corrected chi connectivity index (χ3v) is 3.44. The quantitative estimate of drug-likeness (QED) is 0.834. The van der Waals surface area contributed by atoms with Crippen LogP contribution in [-0.2, 0) is 0 Å². The zero-order valence-electron chi connectivity index (χ0n) is 11.3. The van der Waals surface area contributed by atoms with E-state index in [1.807, 2.05) is 6.20 Å². The predicted molar refractivity (Wildman–Crippen MR) is 73.8 cm³/mol. The van der Waals surface area contributed by atoms with Crippen LogP contribution in [0.2, 0.25) is 0 Å². The number of anilines is 1. The number of aromatic nitrogens is 1. The highest BCUT2D eigenvalue weighted by molar-refractivity contribution is 5.46. The zero-order valence-corrected chi connectivity index (χ0v) is 11.3. The molecule has 0 spiro atoms. The molecule has 2 heterocycles.